The Morgan fingerprint density at radius 2 is 2.07 bits per heavy atom. The van der Waals surface area contributed by atoms with Crippen LogP contribution in [0.15, 0.2) is 65.4 Å². The molecule has 3 N–H and O–H groups in total. The fourth-order valence-corrected chi connectivity index (χ4v) is 2.60. The van der Waals surface area contributed by atoms with E-state index in [1.807, 2.05) is 48.5 Å². The molecule has 0 bridgehead atoms. The monoisotopic (exact) mass is 362 g/mol. The van der Waals surface area contributed by atoms with Crippen LogP contribution in [0, 0.1) is 0 Å². The third-order valence-electron chi connectivity index (χ3n) is 3.89. The molecule has 0 aliphatic carbocycles. The molecule has 8 nitrogen and oxygen atoms in total. The molecule has 0 unspecified atom stereocenters. The normalized spacial score (nSPS) is 10.6. The number of aromatic amines is 1. The second-order valence-corrected chi connectivity index (χ2v) is 5.71. The highest BCUT2D eigenvalue weighted by Gasteiger charge is 2.12. The maximum Gasteiger partial charge on any atom is 0.226 e. The molecule has 4 rings (SSSR count). The number of benzene rings is 1. The molecule has 0 saturated heterocycles. The molecule has 0 aliphatic rings. The van der Waals surface area contributed by atoms with Crippen molar-refractivity contribution in [2.24, 2.45) is 0 Å². The average molecular weight is 362 g/mol. The van der Waals surface area contributed by atoms with Crippen LogP contribution in [-0.2, 0) is 6.54 Å². The van der Waals surface area contributed by atoms with Crippen molar-refractivity contribution in [2.75, 3.05) is 17.7 Å². The highest BCUT2D eigenvalue weighted by Crippen LogP contribution is 2.25. The van der Waals surface area contributed by atoms with Gasteiger partial charge < -0.3 is 24.8 Å². The van der Waals surface area contributed by atoms with Crippen molar-refractivity contribution in [1.82, 2.24) is 20.2 Å². The van der Waals surface area contributed by atoms with E-state index in [0.717, 1.165) is 22.8 Å². The van der Waals surface area contributed by atoms with Gasteiger partial charge in [0, 0.05) is 18.0 Å². The molecule has 4 aromatic rings. The van der Waals surface area contributed by atoms with Gasteiger partial charge in [0.2, 0.25) is 5.95 Å². The summed E-state index contributed by atoms with van der Waals surface area (Å²) in [6, 6.07) is 15.1. The first kappa shape index (κ1) is 16.6. The van der Waals surface area contributed by atoms with Crippen LogP contribution < -0.4 is 15.4 Å². The van der Waals surface area contributed by atoms with Gasteiger partial charge in [-0.15, -0.1) is 10.2 Å². The molecule has 136 valence electrons. The minimum absolute atomic E-state index is 0.527. The van der Waals surface area contributed by atoms with E-state index in [1.165, 1.54) is 0 Å². The van der Waals surface area contributed by atoms with Crippen molar-refractivity contribution in [1.29, 1.82) is 0 Å². The van der Waals surface area contributed by atoms with Crippen molar-refractivity contribution in [3.63, 3.8) is 0 Å². The highest BCUT2D eigenvalue weighted by molar-refractivity contribution is 5.70. The number of anilines is 3. The number of methoxy groups -OCH3 is 1. The topological polar surface area (TPSA) is 101 Å². The van der Waals surface area contributed by atoms with Gasteiger partial charge in [-0.05, 0) is 36.4 Å². The Bertz CT molecular complexity index is 1010. The SMILES string of the molecule is COc1cccc(Nc2nnc(-c3cccnc3NCc3ccco3)[nH]2)c1. The Morgan fingerprint density at radius 1 is 1.11 bits per heavy atom. The van der Waals surface area contributed by atoms with Gasteiger partial charge >= 0.3 is 0 Å². The van der Waals surface area contributed by atoms with Gasteiger partial charge in [0.25, 0.3) is 0 Å². The first-order chi connectivity index (χ1) is 13.3. The summed E-state index contributed by atoms with van der Waals surface area (Å²) >= 11 is 0. The maximum atomic E-state index is 5.34. The zero-order valence-corrected chi connectivity index (χ0v) is 14.6. The standard InChI is InChI=1S/C19H18N6O2/c1-26-14-6-2-5-13(11-14)22-19-23-18(24-25-19)16-8-3-9-20-17(16)21-12-15-7-4-10-27-15/h2-11H,12H2,1H3,(H,20,21)(H2,22,23,24,25). The molecule has 3 heterocycles. The zero-order chi connectivity index (χ0) is 18.5. The van der Waals surface area contributed by atoms with Crippen LogP contribution in [0.5, 0.6) is 5.75 Å². The molecule has 0 fully saturated rings. The third-order valence-corrected chi connectivity index (χ3v) is 3.89. The minimum atomic E-state index is 0.527. The van der Waals surface area contributed by atoms with E-state index in [-0.39, 0.29) is 0 Å². The first-order valence-corrected chi connectivity index (χ1v) is 8.37. The largest absolute Gasteiger partial charge is 0.497 e. The Labute approximate surface area is 155 Å². The van der Waals surface area contributed by atoms with Crippen LogP contribution in [0.25, 0.3) is 11.4 Å². The van der Waals surface area contributed by atoms with E-state index in [0.29, 0.717) is 24.1 Å². The van der Waals surface area contributed by atoms with Crippen LogP contribution >= 0.6 is 0 Å². The molecule has 0 amide bonds. The Balaban J connectivity index is 1.52. The second-order valence-electron chi connectivity index (χ2n) is 5.71. The molecule has 3 aromatic heterocycles. The van der Waals surface area contributed by atoms with Crippen molar-refractivity contribution >= 4 is 17.5 Å². The number of pyridine rings is 1. The van der Waals surface area contributed by atoms with Gasteiger partial charge in [0.05, 0.1) is 25.5 Å². The first-order valence-electron chi connectivity index (χ1n) is 8.37. The van der Waals surface area contributed by atoms with Gasteiger partial charge in [0.1, 0.15) is 17.3 Å². The summed E-state index contributed by atoms with van der Waals surface area (Å²) in [5.41, 5.74) is 1.66. The van der Waals surface area contributed by atoms with E-state index < -0.39 is 0 Å². The minimum Gasteiger partial charge on any atom is -0.497 e. The third kappa shape index (κ3) is 3.90. The maximum absolute atomic E-state index is 5.34. The zero-order valence-electron chi connectivity index (χ0n) is 14.6. The predicted molar refractivity (Wildman–Crippen MR) is 102 cm³/mol. The van der Waals surface area contributed by atoms with E-state index in [4.69, 9.17) is 9.15 Å². The number of H-pyrrole nitrogens is 1. The van der Waals surface area contributed by atoms with Crippen LogP contribution in [0.1, 0.15) is 5.76 Å². The second kappa shape index (κ2) is 7.61. The number of nitrogens with zero attached hydrogens (tertiary/aromatic N) is 3. The van der Waals surface area contributed by atoms with E-state index >= 15 is 0 Å². The molecule has 0 atom stereocenters. The van der Waals surface area contributed by atoms with Crippen LogP contribution in [-0.4, -0.2) is 27.3 Å². The van der Waals surface area contributed by atoms with E-state index in [1.54, 1.807) is 19.6 Å². The molecular weight excluding hydrogens is 344 g/mol. The van der Waals surface area contributed by atoms with Gasteiger partial charge in [-0.1, -0.05) is 6.07 Å². The number of hydrogen-bond donors (Lipinski definition) is 3. The number of furan rings is 1. The van der Waals surface area contributed by atoms with Gasteiger partial charge in [-0.25, -0.2) is 4.98 Å². The highest BCUT2D eigenvalue weighted by atomic mass is 16.5. The summed E-state index contributed by atoms with van der Waals surface area (Å²) in [7, 11) is 1.63. The number of nitrogens with one attached hydrogen (secondary N) is 3. The van der Waals surface area contributed by atoms with Crippen molar-refractivity contribution in [3.05, 3.63) is 66.8 Å². The molecule has 1 aromatic carbocycles. The molecular formula is C19H18N6O2. The summed E-state index contributed by atoms with van der Waals surface area (Å²) in [4.78, 5) is 7.56. The van der Waals surface area contributed by atoms with Crippen molar-refractivity contribution < 1.29 is 9.15 Å². The summed E-state index contributed by atoms with van der Waals surface area (Å²) in [5, 5.41) is 14.8. The fourth-order valence-electron chi connectivity index (χ4n) is 2.60. The lowest BCUT2D eigenvalue weighted by Crippen LogP contribution is -2.02. The van der Waals surface area contributed by atoms with Crippen LogP contribution in [0.3, 0.4) is 0 Å². The smallest absolute Gasteiger partial charge is 0.226 e. The molecule has 0 aliphatic heterocycles. The van der Waals surface area contributed by atoms with Gasteiger partial charge in [-0.3, -0.25) is 0 Å². The lowest BCUT2D eigenvalue weighted by Gasteiger charge is -2.07. The lowest BCUT2D eigenvalue weighted by atomic mass is 10.2. The molecule has 27 heavy (non-hydrogen) atoms. The van der Waals surface area contributed by atoms with Gasteiger partial charge in [0.15, 0.2) is 5.82 Å². The summed E-state index contributed by atoms with van der Waals surface area (Å²) in [6.45, 7) is 0.528. The summed E-state index contributed by atoms with van der Waals surface area (Å²) in [5.74, 6) is 3.41. The fraction of sp³-hybridized carbons (Fsp3) is 0.105. The lowest BCUT2D eigenvalue weighted by molar-refractivity contribution is 0.415. The molecule has 8 heteroatoms. The van der Waals surface area contributed by atoms with Crippen LogP contribution in [0.4, 0.5) is 17.5 Å². The van der Waals surface area contributed by atoms with Crippen molar-refractivity contribution in [2.45, 2.75) is 6.54 Å². The van der Waals surface area contributed by atoms with E-state index in [9.17, 15) is 0 Å². The molecule has 0 saturated carbocycles. The quantitative estimate of drug-likeness (QED) is 0.459. The summed E-state index contributed by atoms with van der Waals surface area (Å²) < 4.78 is 10.6. The Hall–Kier alpha value is -3.81. The predicted octanol–water partition coefficient (Wildman–Crippen LogP) is 3.82. The average Bonchev–Trinajstić information content (AvgIpc) is 3.39. The number of rotatable bonds is 7. The number of ether oxygens (including phenoxy) is 1. The Morgan fingerprint density at radius 3 is 2.93 bits per heavy atom. The molecule has 0 radical (unpaired) electrons. The summed E-state index contributed by atoms with van der Waals surface area (Å²) in [6.07, 6.45) is 3.36. The number of aromatic nitrogens is 4. The van der Waals surface area contributed by atoms with Gasteiger partial charge in [-0.2, -0.15) is 0 Å². The number of hydrogen-bond acceptors (Lipinski definition) is 7. The van der Waals surface area contributed by atoms with Crippen molar-refractivity contribution in [3.8, 4) is 17.1 Å². The Kier molecular flexibility index (Phi) is 4.69. The van der Waals surface area contributed by atoms with E-state index in [2.05, 4.69) is 30.8 Å². The van der Waals surface area contributed by atoms with Crippen LogP contribution in [0.2, 0.25) is 0 Å². The molecule has 0 spiro atoms.